The quantitative estimate of drug-likeness (QED) is 0.753. The van der Waals surface area contributed by atoms with Crippen molar-refractivity contribution in [3.63, 3.8) is 0 Å². The van der Waals surface area contributed by atoms with E-state index in [1.54, 1.807) is 0 Å². The predicted octanol–water partition coefficient (Wildman–Crippen LogP) is 3.14. The van der Waals surface area contributed by atoms with Crippen molar-refractivity contribution >= 4 is 17.7 Å². The van der Waals surface area contributed by atoms with Crippen molar-refractivity contribution in [3.8, 4) is 6.07 Å². The molecule has 0 saturated carbocycles. The standard InChI is InChI=1S/C16H22ClN3O2/c1-15(2,3)22-14(21)20-10-4-5-12(13(20)17)16(11-18)6-8-19-9-7-16/h4-5,19H,6-10H2,1-3H3. The second kappa shape index (κ2) is 6.31. The van der Waals surface area contributed by atoms with Crippen molar-refractivity contribution in [3.05, 3.63) is 22.9 Å². The molecule has 0 aliphatic carbocycles. The van der Waals surface area contributed by atoms with E-state index in [0.29, 0.717) is 24.5 Å². The zero-order valence-electron chi connectivity index (χ0n) is 13.3. The number of halogens is 1. The molecule has 5 nitrogen and oxygen atoms in total. The average Bonchev–Trinajstić information content (AvgIpc) is 2.46. The normalized spacial score (nSPS) is 21.5. The van der Waals surface area contributed by atoms with Gasteiger partial charge in [0.25, 0.3) is 0 Å². The van der Waals surface area contributed by atoms with Gasteiger partial charge in [-0.05, 0) is 46.7 Å². The highest BCUT2D eigenvalue weighted by Gasteiger charge is 2.39. The van der Waals surface area contributed by atoms with Crippen molar-refractivity contribution in [2.75, 3.05) is 19.6 Å². The van der Waals surface area contributed by atoms with E-state index in [9.17, 15) is 10.1 Å². The summed E-state index contributed by atoms with van der Waals surface area (Å²) in [6.07, 6.45) is 4.61. The van der Waals surface area contributed by atoms with Gasteiger partial charge in [0.1, 0.15) is 10.8 Å². The molecule has 0 aromatic rings. The zero-order chi connectivity index (χ0) is 16.4. The Bertz CT molecular complexity index is 549. The molecule has 1 N–H and O–H groups in total. The molecule has 0 atom stereocenters. The van der Waals surface area contributed by atoms with Crippen molar-refractivity contribution < 1.29 is 9.53 Å². The number of amides is 1. The fraction of sp³-hybridized carbons (Fsp3) is 0.625. The first kappa shape index (κ1) is 16.9. The van der Waals surface area contributed by atoms with Gasteiger partial charge in [0.2, 0.25) is 0 Å². The van der Waals surface area contributed by atoms with Crippen LogP contribution in [-0.4, -0.2) is 36.2 Å². The molecule has 22 heavy (non-hydrogen) atoms. The van der Waals surface area contributed by atoms with E-state index < -0.39 is 17.1 Å². The van der Waals surface area contributed by atoms with Crippen molar-refractivity contribution in [1.82, 2.24) is 10.2 Å². The molecule has 0 unspecified atom stereocenters. The summed E-state index contributed by atoms with van der Waals surface area (Å²) in [7, 11) is 0. The summed E-state index contributed by atoms with van der Waals surface area (Å²) >= 11 is 6.46. The van der Waals surface area contributed by atoms with E-state index >= 15 is 0 Å². The summed E-state index contributed by atoms with van der Waals surface area (Å²) in [6, 6.07) is 2.41. The fourth-order valence-electron chi connectivity index (χ4n) is 2.69. The highest BCUT2D eigenvalue weighted by Crippen LogP contribution is 2.41. The lowest BCUT2D eigenvalue weighted by Crippen LogP contribution is -2.41. The maximum atomic E-state index is 12.3. The minimum atomic E-state index is -0.639. The molecule has 2 aliphatic rings. The first-order valence-electron chi connectivity index (χ1n) is 7.48. The number of carbonyl (C=O) groups is 1. The SMILES string of the molecule is CC(C)(C)OC(=O)N1CC=CC(C2(C#N)CCNCC2)=C1Cl. The van der Waals surface area contributed by atoms with Crippen LogP contribution in [0.25, 0.3) is 0 Å². The molecule has 1 amide bonds. The topological polar surface area (TPSA) is 65.4 Å². The first-order chi connectivity index (χ1) is 10.3. The number of piperidine rings is 1. The van der Waals surface area contributed by atoms with E-state index in [2.05, 4.69) is 11.4 Å². The number of ether oxygens (including phenoxy) is 1. The molecule has 2 aliphatic heterocycles. The molecule has 2 heterocycles. The lowest BCUT2D eigenvalue weighted by molar-refractivity contribution is 0.0338. The summed E-state index contributed by atoms with van der Waals surface area (Å²) in [5.74, 6) is 0. The number of hydrogen-bond donors (Lipinski definition) is 1. The number of carbonyl (C=O) groups excluding carboxylic acids is 1. The molecule has 0 bridgehead atoms. The molecule has 120 valence electrons. The van der Waals surface area contributed by atoms with E-state index in [0.717, 1.165) is 18.7 Å². The van der Waals surface area contributed by atoms with E-state index in [4.69, 9.17) is 16.3 Å². The summed E-state index contributed by atoms with van der Waals surface area (Å²) in [6.45, 7) is 7.33. The van der Waals surface area contributed by atoms with Crippen LogP contribution in [0.5, 0.6) is 0 Å². The highest BCUT2D eigenvalue weighted by molar-refractivity contribution is 6.30. The van der Waals surface area contributed by atoms with Gasteiger partial charge in [0.15, 0.2) is 0 Å². The summed E-state index contributed by atoms with van der Waals surface area (Å²) in [5.41, 5.74) is -0.508. The first-order valence-corrected chi connectivity index (χ1v) is 7.86. The molecule has 0 aromatic heterocycles. The van der Waals surface area contributed by atoms with Gasteiger partial charge in [0.05, 0.1) is 11.5 Å². The number of rotatable bonds is 1. The Morgan fingerprint density at radius 3 is 2.64 bits per heavy atom. The second-order valence-electron chi connectivity index (χ2n) is 6.64. The van der Waals surface area contributed by atoms with Gasteiger partial charge in [0, 0.05) is 12.1 Å². The van der Waals surface area contributed by atoms with E-state index in [1.165, 1.54) is 4.90 Å². The molecular formula is C16H22ClN3O2. The van der Waals surface area contributed by atoms with Gasteiger partial charge < -0.3 is 10.1 Å². The third-order valence-electron chi connectivity index (χ3n) is 3.83. The largest absolute Gasteiger partial charge is 0.443 e. The maximum absolute atomic E-state index is 12.3. The Kier molecular flexibility index (Phi) is 4.84. The Labute approximate surface area is 136 Å². The van der Waals surface area contributed by atoms with Gasteiger partial charge >= 0.3 is 6.09 Å². The molecule has 2 rings (SSSR count). The highest BCUT2D eigenvalue weighted by atomic mass is 35.5. The van der Waals surface area contributed by atoms with Gasteiger partial charge in [-0.3, -0.25) is 4.90 Å². The fourth-order valence-corrected chi connectivity index (χ4v) is 3.08. The number of nitrogens with zero attached hydrogens (tertiary/aromatic N) is 2. The minimum absolute atomic E-state index is 0.306. The Balaban J connectivity index is 2.30. The van der Waals surface area contributed by atoms with Crippen molar-refractivity contribution in [1.29, 1.82) is 5.26 Å². The number of nitrogens with one attached hydrogen (secondary N) is 1. The zero-order valence-corrected chi connectivity index (χ0v) is 14.0. The monoisotopic (exact) mass is 323 g/mol. The molecular weight excluding hydrogens is 302 g/mol. The number of nitriles is 1. The Hall–Kier alpha value is -1.51. The van der Waals surface area contributed by atoms with Gasteiger partial charge in [-0.25, -0.2) is 4.79 Å². The summed E-state index contributed by atoms with van der Waals surface area (Å²) in [4.78, 5) is 13.7. The lowest BCUT2D eigenvalue weighted by Gasteiger charge is -2.36. The number of allylic oxidation sites excluding steroid dienone is 2. The molecule has 0 spiro atoms. The van der Waals surface area contributed by atoms with Crippen LogP contribution < -0.4 is 5.32 Å². The second-order valence-corrected chi connectivity index (χ2v) is 7.00. The lowest BCUT2D eigenvalue weighted by atomic mass is 9.73. The summed E-state index contributed by atoms with van der Waals surface area (Å²) < 4.78 is 5.39. The molecule has 1 saturated heterocycles. The van der Waals surface area contributed by atoms with Crippen LogP contribution >= 0.6 is 11.6 Å². The van der Waals surface area contributed by atoms with Gasteiger partial charge in [-0.1, -0.05) is 23.8 Å². The van der Waals surface area contributed by atoms with E-state index in [-0.39, 0.29) is 0 Å². The van der Waals surface area contributed by atoms with Crippen LogP contribution in [0.3, 0.4) is 0 Å². The predicted molar refractivity (Wildman–Crippen MR) is 85.1 cm³/mol. The Morgan fingerprint density at radius 2 is 2.09 bits per heavy atom. The summed E-state index contributed by atoms with van der Waals surface area (Å²) in [5, 5.41) is 13.2. The minimum Gasteiger partial charge on any atom is -0.443 e. The average molecular weight is 324 g/mol. The van der Waals surface area contributed by atoms with Crippen LogP contribution in [0, 0.1) is 16.7 Å². The third kappa shape index (κ3) is 3.45. The van der Waals surface area contributed by atoms with Crippen LogP contribution in [0.4, 0.5) is 4.79 Å². The molecule has 0 radical (unpaired) electrons. The van der Waals surface area contributed by atoms with Gasteiger partial charge in [-0.2, -0.15) is 5.26 Å². The van der Waals surface area contributed by atoms with Crippen molar-refractivity contribution in [2.24, 2.45) is 5.41 Å². The molecule has 6 heteroatoms. The smallest absolute Gasteiger partial charge is 0.415 e. The van der Waals surface area contributed by atoms with Gasteiger partial charge in [-0.15, -0.1) is 0 Å². The van der Waals surface area contributed by atoms with Crippen LogP contribution in [-0.2, 0) is 4.74 Å². The van der Waals surface area contributed by atoms with Crippen molar-refractivity contribution in [2.45, 2.75) is 39.2 Å². The molecule has 0 aromatic carbocycles. The molecule has 1 fully saturated rings. The Morgan fingerprint density at radius 1 is 1.45 bits per heavy atom. The number of hydrogen-bond acceptors (Lipinski definition) is 4. The van der Waals surface area contributed by atoms with Crippen LogP contribution in [0.1, 0.15) is 33.6 Å². The van der Waals surface area contributed by atoms with Crippen LogP contribution in [0.15, 0.2) is 22.9 Å². The van der Waals surface area contributed by atoms with Crippen LogP contribution in [0.2, 0.25) is 0 Å². The van der Waals surface area contributed by atoms with E-state index in [1.807, 2.05) is 32.9 Å². The maximum Gasteiger partial charge on any atom is 0.415 e. The third-order valence-corrected chi connectivity index (χ3v) is 4.24.